The molecule has 0 saturated carbocycles. The highest BCUT2D eigenvalue weighted by molar-refractivity contribution is 6.19. The molecule has 0 atom stereocenters. The molecule has 2 heterocycles. The molecule has 1 aromatic carbocycles. The molecule has 0 unspecified atom stereocenters. The second-order valence-corrected chi connectivity index (χ2v) is 3.91. The molecular weight excluding hydrogens is 216 g/mol. The quantitative estimate of drug-likeness (QED) is 0.769. The van der Waals surface area contributed by atoms with Crippen LogP contribution in [-0.4, -0.2) is 29.1 Å². The van der Waals surface area contributed by atoms with E-state index in [2.05, 4.69) is 10.1 Å². The number of carbonyl (C=O) groups is 1. The van der Waals surface area contributed by atoms with E-state index in [-0.39, 0.29) is 5.91 Å². The predicted octanol–water partition coefficient (Wildman–Crippen LogP) is 1.43. The average Bonchev–Trinajstić information content (AvgIpc) is 2.87. The van der Waals surface area contributed by atoms with Gasteiger partial charge in [-0.1, -0.05) is 25.1 Å². The van der Waals surface area contributed by atoms with Crippen molar-refractivity contribution in [1.29, 1.82) is 0 Å². The molecule has 0 radical (unpaired) electrons. The summed E-state index contributed by atoms with van der Waals surface area (Å²) in [6, 6.07) is 9.73. The number of hydrazone groups is 1. The van der Waals surface area contributed by atoms with Crippen molar-refractivity contribution in [2.75, 3.05) is 11.6 Å². The smallest absolute Gasteiger partial charge is 0.269 e. The zero-order chi connectivity index (χ0) is 11.8. The van der Waals surface area contributed by atoms with Gasteiger partial charge in [-0.25, -0.2) is 0 Å². The van der Waals surface area contributed by atoms with Crippen LogP contribution in [0.25, 0.3) is 0 Å². The fourth-order valence-corrected chi connectivity index (χ4v) is 2.00. The summed E-state index contributed by atoms with van der Waals surface area (Å²) in [6.45, 7) is 2.33. The van der Waals surface area contributed by atoms with Crippen molar-refractivity contribution in [1.82, 2.24) is 4.90 Å². The minimum absolute atomic E-state index is 0.109. The number of amidine groups is 1. The predicted molar refractivity (Wildman–Crippen MR) is 65.8 cm³/mol. The maximum atomic E-state index is 11.4. The second-order valence-electron chi connectivity index (χ2n) is 3.91. The van der Waals surface area contributed by atoms with Crippen LogP contribution in [0.4, 0.5) is 5.69 Å². The number of guanidine groups is 1. The van der Waals surface area contributed by atoms with Gasteiger partial charge in [-0.15, -0.1) is 0 Å². The third kappa shape index (κ3) is 1.51. The van der Waals surface area contributed by atoms with Gasteiger partial charge < -0.3 is 0 Å². The first-order valence-electron chi connectivity index (χ1n) is 5.61. The zero-order valence-corrected chi connectivity index (χ0v) is 9.50. The maximum Gasteiger partial charge on any atom is 0.269 e. The van der Waals surface area contributed by atoms with Crippen molar-refractivity contribution in [3.05, 3.63) is 30.3 Å². The van der Waals surface area contributed by atoms with Crippen molar-refractivity contribution >= 4 is 23.4 Å². The summed E-state index contributed by atoms with van der Waals surface area (Å²) in [5, 5.41) is 6.21. The molecule has 3 rings (SSSR count). The summed E-state index contributed by atoms with van der Waals surface area (Å²) in [6.07, 6.45) is 0.787. The lowest BCUT2D eigenvalue weighted by molar-refractivity contribution is -0.116. The van der Waals surface area contributed by atoms with Crippen LogP contribution in [0.15, 0.2) is 40.4 Å². The van der Waals surface area contributed by atoms with Crippen LogP contribution in [0.1, 0.15) is 13.3 Å². The fraction of sp³-hybridized carbons (Fsp3) is 0.250. The first kappa shape index (κ1) is 10.0. The molecule has 0 spiro atoms. The van der Waals surface area contributed by atoms with Crippen LogP contribution >= 0.6 is 0 Å². The lowest BCUT2D eigenvalue weighted by Gasteiger charge is -2.15. The minimum atomic E-state index is -0.109. The van der Waals surface area contributed by atoms with Crippen molar-refractivity contribution in [2.24, 2.45) is 10.1 Å². The number of rotatable bonds is 2. The van der Waals surface area contributed by atoms with Crippen LogP contribution in [0.3, 0.4) is 0 Å². The molecule has 5 nitrogen and oxygen atoms in total. The second kappa shape index (κ2) is 3.69. The van der Waals surface area contributed by atoms with E-state index in [9.17, 15) is 4.79 Å². The summed E-state index contributed by atoms with van der Waals surface area (Å²) in [7, 11) is 0. The Morgan fingerprint density at radius 3 is 2.76 bits per heavy atom. The molecule has 1 aromatic rings. The van der Waals surface area contributed by atoms with Gasteiger partial charge in [-0.2, -0.15) is 15.1 Å². The Kier molecular flexibility index (Phi) is 2.18. The SMILES string of the molecule is CCC1=NN(c2ccccc2)C2=NC(=O)CN12. The average molecular weight is 228 g/mol. The lowest BCUT2D eigenvalue weighted by Crippen LogP contribution is -2.34. The van der Waals surface area contributed by atoms with E-state index in [1.54, 1.807) is 5.01 Å². The van der Waals surface area contributed by atoms with Crippen molar-refractivity contribution in [3.8, 4) is 0 Å². The molecule has 0 bridgehead atoms. The Morgan fingerprint density at radius 1 is 1.29 bits per heavy atom. The molecule has 1 amide bonds. The zero-order valence-electron chi connectivity index (χ0n) is 9.50. The number of fused-ring (bicyclic) bond motifs is 1. The highest BCUT2D eigenvalue weighted by atomic mass is 16.2. The number of carbonyl (C=O) groups excluding carboxylic acids is 1. The van der Waals surface area contributed by atoms with Gasteiger partial charge in [0.05, 0.1) is 5.69 Å². The Morgan fingerprint density at radius 2 is 2.06 bits per heavy atom. The number of nitrogens with zero attached hydrogens (tertiary/aromatic N) is 4. The summed E-state index contributed by atoms with van der Waals surface area (Å²) < 4.78 is 0. The van der Waals surface area contributed by atoms with Gasteiger partial charge in [0.1, 0.15) is 12.4 Å². The topological polar surface area (TPSA) is 48.3 Å². The minimum Gasteiger partial charge on any atom is -0.287 e. The Balaban J connectivity index is 2.03. The number of benzene rings is 1. The Labute approximate surface area is 99.1 Å². The van der Waals surface area contributed by atoms with Crippen LogP contribution in [0.5, 0.6) is 0 Å². The molecule has 5 heteroatoms. The molecular formula is C12H12N4O. The first-order valence-corrected chi connectivity index (χ1v) is 5.61. The summed E-state index contributed by atoms with van der Waals surface area (Å²) in [5.41, 5.74) is 0.925. The van der Waals surface area contributed by atoms with Crippen LogP contribution in [0.2, 0.25) is 0 Å². The van der Waals surface area contributed by atoms with Gasteiger partial charge in [-0.3, -0.25) is 9.69 Å². The van der Waals surface area contributed by atoms with E-state index in [0.29, 0.717) is 12.5 Å². The van der Waals surface area contributed by atoms with Crippen molar-refractivity contribution in [2.45, 2.75) is 13.3 Å². The van der Waals surface area contributed by atoms with Gasteiger partial charge >= 0.3 is 0 Å². The fourth-order valence-electron chi connectivity index (χ4n) is 2.00. The first-order chi connectivity index (χ1) is 8.29. The van der Waals surface area contributed by atoms with Gasteiger partial charge in [0.15, 0.2) is 0 Å². The summed E-state index contributed by atoms with van der Waals surface area (Å²) in [5.74, 6) is 1.40. The number of anilines is 1. The Bertz CT molecular complexity index is 521. The molecule has 86 valence electrons. The number of hydrogen-bond donors (Lipinski definition) is 0. The van der Waals surface area contributed by atoms with E-state index < -0.39 is 0 Å². The largest absolute Gasteiger partial charge is 0.287 e. The third-order valence-corrected chi connectivity index (χ3v) is 2.79. The van der Waals surface area contributed by atoms with Crippen LogP contribution in [0, 0.1) is 0 Å². The van der Waals surface area contributed by atoms with E-state index in [0.717, 1.165) is 17.9 Å². The van der Waals surface area contributed by atoms with Gasteiger partial charge in [0, 0.05) is 6.42 Å². The maximum absolute atomic E-state index is 11.4. The number of hydrogen-bond acceptors (Lipinski definition) is 4. The molecule has 2 aliphatic heterocycles. The van der Waals surface area contributed by atoms with Gasteiger partial charge in [0.25, 0.3) is 5.91 Å². The summed E-state index contributed by atoms with van der Waals surface area (Å²) >= 11 is 0. The van der Waals surface area contributed by atoms with E-state index in [4.69, 9.17) is 0 Å². The normalized spacial score (nSPS) is 18.3. The van der Waals surface area contributed by atoms with E-state index >= 15 is 0 Å². The highest BCUT2D eigenvalue weighted by Crippen LogP contribution is 2.24. The van der Waals surface area contributed by atoms with Crippen LogP contribution in [-0.2, 0) is 4.79 Å². The highest BCUT2D eigenvalue weighted by Gasteiger charge is 2.36. The van der Waals surface area contributed by atoms with Gasteiger partial charge in [0.2, 0.25) is 5.96 Å². The number of aliphatic imine (C=N–C) groups is 1. The lowest BCUT2D eigenvalue weighted by atomic mass is 10.3. The van der Waals surface area contributed by atoms with Crippen molar-refractivity contribution in [3.63, 3.8) is 0 Å². The number of amides is 1. The molecule has 0 N–H and O–H groups in total. The monoisotopic (exact) mass is 228 g/mol. The Hall–Kier alpha value is -2.17. The number of para-hydroxylation sites is 1. The standard InChI is InChI=1S/C12H12N4O/c1-2-10-14-16(9-6-4-3-5-7-9)12-13-11(17)8-15(10)12/h3-7H,2,8H2,1H3. The third-order valence-electron chi connectivity index (χ3n) is 2.79. The molecule has 17 heavy (non-hydrogen) atoms. The van der Waals surface area contributed by atoms with Crippen molar-refractivity contribution < 1.29 is 4.79 Å². The molecule has 0 aromatic heterocycles. The van der Waals surface area contributed by atoms with E-state index in [1.807, 2.05) is 42.2 Å². The molecule has 0 saturated heterocycles. The van der Waals surface area contributed by atoms with Gasteiger partial charge in [-0.05, 0) is 12.1 Å². The summed E-state index contributed by atoms with van der Waals surface area (Å²) in [4.78, 5) is 17.3. The van der Waals surface area contributed by atoms with Crippen LogP contribution < -0.4 is 5.01 Å². The molecule has 2 aliphatic rings. The molecule has 0 fully saturated rings. The van der Waals surface area contributed by atoms with E-state index in [1.165, 1.54) is 0 Å². The molecule has 0 aliphatic carbocycles.